The van der Waals surface area contributed by atoms with Crippen LogP contribution in [-0.2, 0) is 14.8 Å². The van der Waals surface area contributed by atoms with Gasteiger partial charge >= 0.3 is 0 Å². The Bertz CT molecular complexity index is 1170. The minimum absolute atomic E-state index is 0.0986. The van der Waals surface area contributed by atoms with Crippen molar-refractivity contribution in [2.45, 2.75) is 18.7 Å². The normalized spacial score (nSPS) is 11.1. The van der Waals surface area contributed by atoms with Gasteiger partial charge in [-0.15, -0.1) is 0 Å². The third-order valence-corrected chi connectivity index (χ3v) is 6.18. The number of para-hydroxylation sites is 2. The first kappa shape index (κ1) is 23.3. The number of sulfonamides is 1. The molecule has 3 aromatic carbocycles. The van der Waals surface area contributed by atoms with Crippen LogP contribution in [0.4, 0.5) is 11.4 Å². The molecule has 0 atom stereocenters. The van der Waals surface area contributed by atoms with Crippen molar-refractivity contribution in [1.82, 2.24) is 0 Å². The molecule has 0 saturated heterocycles. The maximum absolute atomic E-state index is 12.8. The summed E-state index contributed by atoms with van der Waals surface area (Å²) in [5.74, 6) is 0.0846. The summed E-state index contributed by atoms with van der Waals surface area (Å²) in [6.07, 6.45) is 0. The molecule has 0 radical (unpaired) electrons. The van der Waals surface area contributed by atoms with Gasteiger partial charge in [0, 0.05) is 12.8 Å². The van der Waals surface area contributed by atoms with Gasteiger partial charge in [0.1, 0.15) is 12.4 Å². The van der Waals surface area contributed by atoms with Gasteiger partial charge in [0.2, 0.25) is 0 Å². The molecule has 0 fully saturated rings. The van der Waals surface area contributed by atoms with Gasteiger partial charge in [-0.05, 0) is 61.4 Å². The molecule has 3 aromatic rings. The Kier molecular flexibility index (Phi) is 7.50. The minimum Gasteiger partial charge on any atom is -0.490 e. The summed E-state index contributed by atoms with van der Waals surface area (Å²) in [6.45, 7) is 4.42. The molecule has 7 nitrogen and oxygen atoms in total. The fourth-order valence-corrected chi connectivity index (χ4v) is 4.30. The summed E-state index contributed by atoms with van der Waals surface area (Å²) in [7, 11) is -2.20. The van der Waals surface area contributed by atoms with E-state index in [1.54, 1.807) is 43.5 Å². The van der Waals surface area contributed by atoms with Crippen molar-refractivity contribution in [3.05, 3.63) is 83.4 Å². The first-order chi connectivity index (χ1) is 15.3. The van der Waals surface area contributed by atoms with Crippen LogP contribution in [0.15, 0.2) is 71.6 Å². The summed E-state index contributed by atoms with van der Waals surface area (Å²) in [6, 6.07) is 18.5. The van der Waals surface area contributed by atoms with E-state index < -0.39 is 10.0 Å². The second-order valence-electron chi connectivity index (χ2n) is 7.19. The number of benzene rings is 3. The minimum atomic E-state index is -3.77. The Morgan fingerprint density at radius 1 is 0.875 bits per heavy atom. The molecule has 0 aliphatic rings. The zero-order valence-corrected chi connectivity index (χ0v) is 19.0. The number of hydrogen-bond donors (Lipinski definition) is 2. The van der Waals surface area contributed by atoms with E-state index in [1.807, 2.05) is 32.0 Å². The standard InChI is InChI=1S/C24H26N2O5S/c1-17-7-6-8-18(2)23(17)26-32(28,29)20-13-11-19(12-14-20)25-24(27)21-9-4-5-10-22(21)31-16-15-30-3/h4-14,26H,15-16H2,1-3H3,(H,25,27). The monoisotopic (exact) mass is 454 g/mol. The van der Waals surface area contributed by atoms with E-state index in [2.05, 4.69) is 10.0 Å². The van der Waals surface area contributed by atoms with Crippen LogP contribution in [0.1, 0.15) is 21.5 Å². The van der Waals surface area contributed by atoms with E-state index in [-0.39, 0.29) is 10.8 Å². The lowest BCUT2D eigenvalue weighted by Gasteiger charge is -2.14. The second-order valence-corrected chi connectivity index (χ2v) is 8.87. The maximum Gasteiger partial charge on any atom is 0.261 e. The van der Waals surface area contributed by atoms with E-state index in [0.717, 1.165) is 11.1 Å². The SMILES string of the molecule is COCCOc1ccccc1C(=O)Nc1ccc(S(=O)(=O)Nc2c(C)cccc2C)cc1. The Hall–Kier alpha value is -3.36. The van der Waals surface area contributed by atoms with Crippen LogP contribution >= 0.6 is 0 Å². The number of nitrogens with one attached hydrogen (secondary N) is 2. The molecule has 0 heterocycles. The predicted octanol–water partition coefficient (Wildman–Crippen LogP) is 4.38. The fraction of sp³-hybridized carbons (Fsp3) is 0.208. The first-order valence-electron chi connectivity index (χ1n) is 10.0. The molecule has 0 aromatic heterocycles. The number of methoxy groups -OCH3 is 1. The van der Waals surface area contributed by atoms with Gasteiger partial charge in [-0.1, -0.05) is 30.3 Å². The van der Waals surface area contributed by atoms with Crippen LogP contribution in [0, 0.1) is 13.8 Å². The lowest BCUT2D eigenvalue weighted by molar-refractivity contribution is 0.101. The highest BCUT2D eigenvalue weighted by Gasteiger charge is 2.17. The average molecular weight is 455 g/mol. The number of aryl methyl sites for hydroxylation is 2. The average Bonchev–Trinajstić information content (AvgIpc) is 2.77. The van der Waals surface area contributed by atoms with Crippen molar-refractivity contribution < 1.29 is 22.7 Å². The van der Waals surface area contributed by atoms with Crippen molar-refractivity contribution in [2.75, 3.05) is 30.4 Å². The highest BCUT2D eigenvalue weighted by Crippen LogP contribution is 2.25. The van der Waals surface area contributed by atoms with E-state index in [0.29, 0.717) is 35.9 Å². The summed E-state index contributed by atoms with van der Waals surface area (Å²) in [5.41, 5.74) is 3.08. The number of rotatable bonds is 9. The molecule has 0 unspecified atom stereocenters. The number of ether oxygens (including phenoxy) is 2. The van der Waals surface area contributed by atoms with E-state index in [4.69, 9.17) is 9.47 Å². The molecule has 2 N–H and O–H groups in total. The van der Waals surface area contributed by atoms with Crippen LogP contribution in [0.2, 0.25) is 0 Å². The lowest BCUT2D eigenvalue weighted by Crippen LogP contribution is -2.16. The van der Waals surface area contributed by atoms with Crippen LogP contribution < -0.4 is 14.8 Å². The zero-order chi connectivity index (χ0) is 23.1. The molecule has 8 heteroatoms. The van der Waals surface area contributed by atoms with E-state index in [9.17, 15) is 13.2 Å². The summed E-state index contributed by atoms with van der Waals surface area (Å²) >= 11 is 0. The fourth-order valence-electron chi connectivity index (χ4n) is 3.10. The largest absolute Gasteiger partial charge is 0.490 e. The Balaban J connectivity index is 1.73. The number of amides is 1. The van der Waals surface area contributed by atoms with Gasteiger partial charge in [0.05, 0.1) is 22.8 Å². The molecule has 0 saturated carbocycles. The molecule has 0 aliphatic heterocycles. The highest BCUT2D eigenvalue weighted by atomic mass is 32.2. The smallest absolute Gasteiger partial charge is 0.261 e. The van der Waals surface area contributed by atoms with E-state index in [1.165, 1.54) is 12.1 Å². The molecule has 0 bridgehead atoms. The first-order valence-corrected chi connectivity index (χ1v) is 11.5. The number of carbonyl (C=O) groups excluding carboxylic acids is 1. The summed E-state index contributed by atoms with van der Waals surface area (Å²) in [5, 5.41) is 2.77. The highest BCUT2D eigenvalue weighted by molar-refractivity contribution is 7.92. The lowest BCUT2D eigenvalue weighted by atomic mass is 10.1. The van der Waals surface area contributed by atoms with Crippen LogP contribution in [0.5, 0.6) is 5.75 Å². The third-order valence-electron chi connectivity index (χ3n) is 4.82. The van der Waals surface area contributed by atoms with Crippen LogP contribution in [0.3, 0.4) is 0 Å². The van der Waals surface area contributed by atoms with E-state index >= 15 is 0 Å². The van der Waals surface area contributed by atoms with Crippen molar-refractivity contribution in [3.63, 3.8) is 0 Å². The molecule has 3 rings (SSSR count). The summed E-state index contributed by atoms with van der Waals surface area (Å²) in [4.78, 5) is 12.8. The van der Waals surface area contributed by atoms with Crippen molar-refractivity contribution in [1.29, 1.82) is 0 Å². The molecule has 168 valence electrons. The molecule has 32 heavy (non-hydrogen) atoms. The Morgan fingerprint density at radius 2 is 1.53 bits per heavy atom. The predicted molar refractivity (Wildman–Crippen MR) is 125 cm³/mol. The molecular formula is C24H26N2O5S. The van der Waals surface area contributed by atoms with Crippen LogP contribution in [-0.4, -0.2) is 34.6 Å². The Morgan fingerprint density at radius 3 is 2.19 bits per heavy atom. The zero-order valence-electron chi connectivity index (χ0n) is 18.2. The molecule has 0 spiro atoms. The second kappa shape index (κ2) is 10.3. The Labute approximate surface area is 188 Å². The number of anilines is 2. The van der Waals surface area contributed by atoms with Gasteiger partial charge in [0.25, 0.3) is 15.9 Å². The van der Waals surface area contributed by atoms with Crippen LogP contribution in [0.25, 0.3) is 0 Å². The van der Waals surface area contributed by atoms with Gasteiger partial charge in [-0.2, -0.15) is 0 Å². The van der Waals surface area contributed by atoms with Crippen molar-refractivity contribution in [2.24, 2.45) is 0 Å². The number of carbonyl (C=O) groups is 1. The molecule has 0 aliphatic carbocycles. The van der Waals surface area contributed by atoms with Gasteiger partial charge in [-0.25, -0.2) is 8.42 Å². The third kappa shape index (κ3) is 5.66. The molecule has 1 amide bonds. The van der Waals surface area contributed by atoms with Gasteiger partial charge in [-0.3, -0.25) is 9.52 Å². The van der Waals surface area contributed by atoms with Gasteiger partial charge in [0.15, 0.2) is 0 Å². The van der Waals surface area contributed by atoms with Gasteiger partial charge < -0.3 is 14.8 Å². The maximum atomic E-state index is 12.8. The quantitative estimate of drug-likeness (QED) is 0.468. The molecular weight excluding hydrogens is 428 g/mol. The van der Waals surface area contributed by atoms with Crippen molar-refractivity contribution >= 4 is 27.3 Å². The van der Waals surface area contributed by atoms with Crippen molar-refractivity contribution in [3.8, 4) is 5.75 Å². The summed E-state index contributed by atoms with van der Waals surface area (Å²) < 4.78 is 38.8. The topological polar surface area (TPSA) is 93.7 Å². The number of hydrogen-bond acceptors (Lipinski definition) is 5.